The third-order valence-corrected chi connectivity index (χ3v) is 3.77. The van der Waals surface area contributed by atoms with Crippen LogP contribution in [0.5, 0.6) is 0 Å². The standard InChI is InChI=1S/C19H26N2/c1-5-11-21-19(18-13-15(4)10-12-20-18)17-8-6-16(7-9-17)14(2)3/h6-10,12-14,19,21H,5,11H2,1-4H3. The Bertz CT molecular complexity index is 558. The predicted octanol–water partition coefficient (Wildman–Crippen LogP) is 4.60. The molecule has 0 aliphatic carbocycles. The summed E-state index contributed by atoms with van der Waals surface area (Å²) < 4.78 is 0. The lowest BCUT2D eigenvalue weighted by molar-refractivity contribution is 0.586. The van der Waals surface area contributed by atoms with E-state index in [-0.39, 0.29) is 6.04 Å². The van der Waals surface area contributed by atoms with Crippen LogP contribution in [0.3, 0.4) is 0 Å². The first-order chi connectivity index (χ1) is 10.1. The number of aromatic nitrogens is 1. The third-order valence-electron chi connectivity index (χ3n) is 3.77. The van der Waals surface area contributed by atoms with E-state index in [2.05, 4.69) is 68.3 Å². The van der Waals surface area contributed by atoms with Gasteiger partial charge in [-0.3, -0.25) is 4.98 Å². The highest BCUT2D eigenvalue weighted by atomic mass is 14.9. The van der Waals surface area contributed by atoms with Crippen LogP contribution in [-0.4, -0.2) is 11.5 Å². The molecule has 0 fully saturated rings. The molecule has 1 aromatic heterocycles. The first-order valence-electron chi connectivity index (χ1n) is 7.87. The summed E-state index contributed by atoms with van der Waals surface area (Å²) in [5.41, 5.74) is 5.01. The predicted molar refractivity (Wildman–Crippen MR) is 89.6 cm³/mol. The van der Waals surface area contributed by atoms with E-state index >= 15 is 0 Å². The Morgan fingerprint density at radius 1 is 1.05 bits per heavy atom. The van der Waals surface area contributed by atoms with E-state index in [0.29, 0.717) is 5.92 Å². The van der Waals surface area contributed by atoms with Crippen molar-refractivity contribution in [2.45, 2.75) is 46.1 Å². The summed E-state index contributed by atoms with van der Waals surface area (Å²) in [6, 6.07) is 13.3. The lowest BCUT2D eigenvalue weighted by atomic mass is 9.97. The zero-order valence-electron chi connectivity index (χ0n) is 13.6. The van der Waals surface area contributed by atoms with Crippen molar-refractivity contribution in [3.8, 4) is 0 Å². The van der Waals surface area contributed by atoms with Crippen molar-refractivity contribution in [3.05, 3.63) is 65.0 Å². The molecule has 0 bridgehead atoms. The molecule has 0 aliphatic heterocycles. The summed E-state index contributed by atoms with van der Waals surface area (Å²) in [6.07, 6.45) is 3.01. The largest absolute Gasteiger partial charge is 0.305 e. The van der Waals surface area contributed by atoms with Crippen LogP contribution in [0.1, 0.15) is 61.5 Å². The Morgan fingerprint density at radius 3 is 2.29 bits per heavy atom. The van der Waals surface area contributed by atoms with Crippen molar-refractivity contribution in [3.63, 3.8) is 0 Å². The third kappa shape index (κ3) is 4.15. The Labute approximate surface area is 128 Å². The Balaban J connectivity index is 2.31. The molecule has 0 spiro atoms. The normalized spacial score (nSPS) is 12.6. The van der Waals surface area contributed by atoms with Crippen molar-refractivity contribution in [2.75, 3.05) is 6.54 Å². The molecule has 0 aliphatic rings. The van der Waals surface area contributed by atoms with Crippen LogP contribution in [-0.2, 0) is 0 Å². The maximum atomic E-state index is 4.56. The van der Waals surface area contributed by atoms with Crippen LogP contribution in [0.2, 0.25) is 0 Å². The SMILES string of the molecule is CCCNC(c1ccc(C(C)C)cc1)c1cc(C)ccn1. The fraction of sp³-hybridized carbons (Fsp3) is 0.421. The van der Waals surface area contributed by atoms with Gasteiger partial charge in [0, 0.05) is 6.20 Å². The van der Waals surface area contributed by atoms with Gasteiger partial charge in [-0.25, -0.2) is 0 Å². The van der Waals surface area contributed by atoms with Crippen molar-refractivity contribution >= 4 is 0 Å². The van der Waals surface area contributed by atoms with Crippen LogP contribution in [0.15, 0.2) is 42.6 Å². The van der Waals surface area contributed by atoms with Crippen LogP contribution in [0.25, 0.3) is 0 Å². The quantitative estimate of drug-likeness (QED) is 0.837. The summed E-state index contributed by atoms with van der Waals surface area (Å²) in [6.45, 7) is 9.75. The van der Waals surface area contributed by atoms with Crippen molar-refractivity contribution in [2.24, 2.45) is 0 Å². The molecule has 1 heterocycles. The molecule has 1 atom stereocenters. The first kappa shape index (κ1) is 15.7. The molecule has 2 nitrogen and oxygen atoms in total. The minimum Gasteiger partial charge on any atom is -0.305 e. The van der Waals surface area contributed by atoms with Gasteiger partial charge in [-0.05, 0) is 54.6 Å². The second-order valence-corrected chi connectivity index (χ2v) is 5.97. The van der Waals surface area contributed by atoms with Gasteiger partial charge in [-0.15, -0.1) is 0 Å². The van der Waals surface area contributed by atoms with Gasteiger partial charge in [0.1, 0.15) is 0 Å². The molecule has 0 saturated carbocycles. The van der Waals surface area contributed by atoms with Crippen LogP contribution in [0, 0.1) is 6.92 Å². The summed E-state index contributed by atoms with van der Waals surface area (Å²) in [5.74, 6) is 0.568. The molecule has 1 aromatic carbocycles. The molecule has 2 rings (SSSR count). The zero-order chi connectivity index (χ0) is 15.2. The van der Waals surface area contributed by atoms with Crippen LogP contribution in [0.4, 0.5) is 0 Å². The van der Waals surface area contributed by atoms with E-state index in [4.69, 9.17) is 0 Å². The molecule has 0 saturated heterocycles. The van der Waals surface area contributed by atoms with E-state index in [9.17, 15) is 0 Å². The van der Waals surface area contributed by atoms with Gasteiger partial charge in [0.15, 0.2) is 0 Å². The Morgan fingerprint density at radius 2 is 1.71 bits per heavy atom. The highest BCUT2D eigenvalue weighted by Crippen LogP contribution is 2.23. The number of nitrogens with one attached hydrogen (secondary N) is 1. The minimum atomic E-state index is 0.172. The number of aryl methyl sites for hydroxylation is 1. The van der Waals surface area contributed by atoms with Gasteiger partial charge in [0.2, 0.25) is 0 Å². The highest BCUT2D eigenvalue weighted by Gasteiger charge is 2.15. The lowest BCUT2D eigenvalue weighted by Crippen LogP contribution is -2.24. The molecule has 112 valence electrons. The molecule has 0 amide bonds. The van der Waals surface area contributed by atoms with Crippen molar-refractivity contribution < 1.29 is 0 Å². The maximum absolute atomic E-state index is 4.56. The Hall–Kier alpha value is -1.67. The second kappa shape index (κ2) is 7.37. The van der Waals surface area contributed by atoms with E-state index in [1.54, 1.807) is 0 Å². The van der Waals surface area contributed by atoms with Gasteiger partial charge in [0.05, 0.1) is 11.7 Å². The Kier molecular flexibility index (Phi) is 5.51. The fourth-order valence-corrected chi connectivity index (χ4v) is 2.47. The lowest BCUT2D eigenvalue weighted by Gasteiger charge is -2.19. The highest BCUT2D eigenvalue weighted by molar-refractivity contribution is 5.32. The minimum absolute atomic E-state index is 0.172. The van der Waals surface area contributed by atoms with Gasteiger partial charge in [-0.1, -0.05) is 45.0 Å². The summed E-state index contributed by atoms with van der Waals surface area (Å²) in [7, 11) is 0. The number of hydrogen-bond acceptors (Lipinski definition) is 2. The molecular weight excluding hydrogens is 256 g/mol. The average molecular weight is 282 g/mol. The number of benzene rings is 1. The summed E-state index contributed by atoms with van der Waals surface area (Å²) in [4.78, 5) is 4.56. The molecule has 2 aromatic rings. The van der Waals surface area contributed by atoms with Gasteiger partial charge >= 0.3 is 0 Å². The zero-order valence-corrected chi connectivity index (χ0v) is 13.6. The summed E-state index contributed by atoms with van der Waals surface area (Å²) >= 11 is 0. The van der Waals surface area contributed by atoms with Crippen LogP contribution < -0.4 is 5.32 Å². The van der Waals surface area contributed by atoms with E-state index < -0.39 is 0 Å². The summed E-state index contributed by atoms with van der Waals surface area (Å²) in [5, 5.41) is 3.62. The monoisotopic (exact) mass is 282 g/mol. The number of rotatable bonds is 6. The molecule has 2 heteroatoms. The topological polar surface area (TPSA) is 24.9 Å². The van der Waals surface area contributed by atoms with E-state index in [1.807, 2.05) is 12.3 Å². The average Bonchev–Trinajstić information content (AvgIpc) is 2.48. The smallest absolute Gasteiger partial charge is 0.0751 e. The van der Waals surface area contributed by atoms with E-state index in [0.717, 1.165) is 18.7 Å². The molecule has 1 N–H and O–H groups in total. The van der Waals surface area contributed by atoms with Gasteiger partial charge < -0.3 is 5.32 Å². The van der Waals surface area contributed by atoms with Gasteiger partial charge in [0.25, 0.3) is 0 Å². The number of nitrogens with zero attached hydrogens (tertiary/aromatic N) is 1. The van der Waals surface area contributed by atoms with E-state index in [1.165, 1.54) is 16.7 Å². The molecule has 0 radical (unpaired) electrons. The van der Waals surface area contributed by atoms with Crippen molar-refractivity contribution in [1.82, 2.24) is 10.3 Å². The first-order valence-corrected chi connectivity index (χ1v) is 7.87. The van der Waals surface area contributed by atoms with Gasteiger partial charge in [-0.2, -0.15) is 0 Å². The maximum Gasteiger partial charge on any atom is 0.0751 e. The molecular formula is C19H26N2. The fourth-order valence-electron chi connectivity index (χ4n) is 2.47. The second-order valence-electron chi connectivity index (χ2n) is 5.97. The number of pyridine rings is 1. The molecule has 1 unspecified atom stereocenters. The van der Waals surface area contributed by atoms with Crippen molar-refractivity contribution in [1.29, 1.82) is 0 Å². The molecule has 21 heavy (non-hydrogen) atoms. The van der Waals surface area contributed by atoms with Crippen LogP contribution >= 0.6 is 0 Å². The number of hydrogen-bond donors (Lipinski definition) is 1.